The molecule has 0 aliphatic carbocycles. The Morgan fingerprint density at radius 3 is 2.67 bits per heavy atom. The molecule has 1 aromatic carbocycles. The van der Waals surface area contributed by atoms with E-state index in [0.717, 1.165) is 11.3 Å². The van der Waals surface area contributed by atoms with Gasteiger partial charge in [-0.2, -0.15) is 0 Å². The number of aromatic nitrogens is 1. The minimum absolute atomic E-state index is 0.0546. The van der Waals surface area contributed by atoms with Crippen molar-refractivity contribution in [1.29, 1.82) is 0 Å². The average molecular weight is 283 g/mol. The third-order valence-electron chi connectivity index (χ3n) is 2.98. The van der Waals surface area contributed by atoms with Crippen molar-refractivity contribution in [2.45, 2.75) is 19.9 Å². The summed E-state index contributed by atoms with van der Waals surface area (Å²) in [6.45, 7) is 2.13. The standard InChI is InChI=1S/C16H17N3O2/c1-2-15(20)19-14-8-4-3-6-12(14)11-18-16(21)13-7-5-9-17-10-13/h3-10H,2,11H2,1H3,(H,18,21)(H,19,20). The number of rotatable bonds is 5. The van der Waals surface area contributed by atoms with Crippen molar-refractivity contribution in [2.75, 3.05) is 5.32 Å². The fraction of sp³-hybridized carbons (Fsp3) is 0.188. The first-order valence-electron chi connectivity index (χ1n) is 6.76. The van der Waals surface area contributed by atoms with Crippen LogP contribution in [0.25, 0.3) is 0 Å². The Morgan fingerprint density at radius 2 is 1.95 bits per heavy atom. The number of benzene rings is 1. The highest BCUT2D eigenvalue weighted by Crippen LogP contribution is 2.15. The first kappa shape index (κ1) is 14.7. The van der Waals surface area contributed by atoms with Gasteiger partial charge in [-0.25, -0.2) is 0 Å². The van der Waals surface area contributed by atoms with E-state index in [9.17, 15) is 9.59 Å². The normalized spacial score (nSPS) is 9.95. The molecule has 2 aromatic rings. The maximum absolute atomic E-state index is 12.0. The lowest BCUT2D eigenvalue weighted by atomic mass is 10.1. The number of hydrogen-bond acceptors (Lipinski definition) is 3. The molecule has 0 saturated carbocycles. The first-order valence-corrected chi connectivity index (χ1v) is 6.76. The van der Waals surface area contributed by atoms with Crippen LogP contribution in [-0.4, -0.2) is 16.8 Å². The van der Waals surface area contributed by atoms with Crippen molar-refractivity contribution in [3.63, 3.8) is 0 Å². The van der Waals surface area contributed by atoms with Crippen LogP contribution in [0.1, 0.15) is 29.3 Å². The third kappa shape index (κ3) is 4.14. The van der Waals surface area contributed by atoms with E-state index in [0.29, 0.717) is 18.5 Å². The topological polar surface area (TPSA) is 71.1 Å². The van der Waals surface area contributed by atoms with Crippen molar-refractivity contribution in [2.24, 2.45) is 0 Å². The molecular weight excluding hydrogens is 266 g/mol. The van der Waals surface area contributed by atoms with Crippen molar-refractivity contribution in [1.82, 2.24) is 10.3 Å². The second kappa shape index (κ2) is 7.19. The predicted octanol–water partition coefficient (Wildman–Crippen LogP) is 2.36. The van der Waals surface area contributed by atoms with E-state index in [4.69, 9.17) is 0 Å². The van der Waals surface area contributed by atoms with Gasteiger partial charge in [0.05, 0.1) is 5.56 Å². The average Bonchev–Trinajstić information content (AvgIpc) is 2.54. The summed E-state index contributed by atoms with van der Waals surface area (Å²) in [4.78, 5) is 27.4. The van der Waals surface area contributed by atoms with E-state index in [1.54, 1.807) is 25.3 Å². The molecule has 0 aliphatic rings. The Morgan fingerprint density at radius 1 is 1.14 bits per heavy atom. The summed E-state index contributed by atoms with van der Waals surface area (Å²) in [7, 11) is 0. The molecule has 5 heteroatoms. The molecule has 0 aliphatic heterocycles. The second-order valence-corrected chi connectivity index (χ2v) is 4.48. The summed E-state index contributed by atoms with van der Waals surface area (Å²) >= 11 is 0. The molecule has 0 radical (unpaired) electrons. The molecule has 21 heavy (non-hydrogen) atoms. The number of amides is 2. The van der Waals surface area contributed by atoms with Gasteiger partial charge in [0, 0.05) is 31.0 Å². The number of para-hydroxylation sites is 1. The molecule has 0 fully saturated rings. The van der Waals surface area contributed by atoms with Gasteiger partial charge in [-0.1, -0.05) is 25.1 Å². The van der Waals surface area contributed by atoms with Crippen LogP contribution in [0, 0.1) is 0 Å². The summed E-state index contributed by atoms with van der Waals surface area (Å²) in [5.74, 6) is -0.249. The Bertz CT molecular complexity index is 626. The number of carbonyl (C=O) groups is 2. The van der Waals surface area contributed by atoms with Crippen molar-refractivity contribution in [3.05, 3.63) is 59.9 Å². The number of pyridine rings is 1. The monoisotopic (exact) mass is 283 g/mol. The lowest BCUT2D eigenvalue weighted by Gasteiger charge is -2.11. The molecule has 2 N–H and O–H groups in total. The molecular formula is C16H17N3O2. The molecule has 2 amide bonds. The molecule has 1 heterocycles. The third-order valence-corrected chi connectivity index (χ3v) is 2.98. The van der Waals surface area contributed by atoms with Crippen molar-refractivity contribution >= 4 is 17.5 Å². The molecule has 1 aromatic heterocycles. The molecule has 0 bridgehead atoms. The van der Waals surface area contributed by atoms with E-state index in [1.165, 1.54) is 6.20 Å². The van der Waals surface area contributed by atoms with Gasteiger partial charge in [0.2, 0.25) is 5.91 Å². The molecule has 0 unspecified atom stereocenters. The zero-order chi connectivity index (χ0) is 15.1. The van der Waals surface area contributed by atoms with E-state index in [-0.39, 0.29) is 11.8 Å². The van der Waals surface area contributed by atoms with Crippen LogP contribution in [0.15, 0.2) is 48.8 Å². The van der Waals surface area contributed by atoms with Gasteiger partial charge in [-0.05, 0) is 23.8 Å². The zero-order valence-electron chi connectivity index (χ0n) is 11.8. The minimum atomic E-state index is -0.195. The molecule has 0 spiro atoms. The smallest absolute Gasteiger partial charge is 0.253 e. The van der Waals surface area contributed by atoms with Crippen LogP contribution in [0.5, 0.6) is 0 Å². The van der Waals surface area contributed by atoms with Crippen LogP contribution in [0.2, 0.25) is 0 Å². The highest BCUT2D eigenvalue weighted by atomic mass is 16.2. The number of anilines is 1. The Balaban J connectivity index is 2.03. The first-order chi connectivity index (χ1) is 10.2. The molecule has 0 atom stereocenters. The molecule has 2 rings (SSSR count). The second-order valence-electron chi connectivity index (χ2n) is 4.48. The maximum atomic E-state index is 12.0. The van der Waals surface area contributed by atoms with E-state index in [2.05, 4.69) is 15.6 Å². The number of carbonyl (C=O) groups excluding carboxylic acids is 2. The fourth-order valence-corrected chi connectivity index (χ4v) is 1.81. The van der Waals surface area contributed by atoms with Gasteiger partial charge in [0.15, 0.2) is 0 Å². The van der Waals surface area contributed by atoms with E-state index in [1.807, 2.05) is 24.3 Å². The van der Waals surface area contributed by atoms with E-state index < -0.39 is 0 Å². The van der Waals surface area contributed by atoms with Gasteiger partial charge >= 0.3 is 0 Å². The zero-order valence-corrected chi connectivity index (χ0v) is 11.8. The summed E-state index contributed by atoms with van der Waals surface area (Å²) in [6.07, 6.45) is 3.54. The molecule has 0 saturated heterocycles. The van der Waals surface area contributed by atoms with Crippen LogP contribution in [0.4, 0.5) is 5.69 Å². The summed E-state index contributed by atoms with van der Waals surface area (Å²) in [6, 6.07) is 10.8. The lowest BCUT2D eigenvalue weighted by molar-refractivity contribution is -0.115. The molecule has 108 valence electrons. The van der Waals surface area contributed by atoms with Crippen molar-refractivity contribution < 1.29 is 9.59 Å². The summed E-state index contributed by atoms with van der Waals surface area (Å²) in [5, 5.41) is 5.64. The fourth-order valence-electron chi connectivity index (χ4n) is 1.81. The van der Waals surface area contributed by atoms with Gasteiger partial charge in [0.1, 0.15) is 0 Å². The van der Waals surface area contributed by atoms with Gasteiger partial charge in [-0.15, -0.1) is 0 Å². The Labute approximate surface area is 123 Å². The van der Waals surface area contributed by atoms with Crippen LogP contribution in [0.3, 0.4) is 0 Å². The maximum Gasteiger partial charge on any atom is 0.253 e. The van der Waals surface area contributed by atoms with Gasteiger partial charge < -0.3 is 10.6 Å². The van der Waals surface area contributed by atoms with Crippen LogP contribution in [-0.2, 0) is 11.3 Å². The Kier molecular flexibility index (Phi) is 5.04. The summed E-state index contributed by atoms with van der Waals surface area (Å²) in [5.41, 5.74) is 2.08. The molecule has 5 nitrogen and oxygen atoms in total. The number of nitrogens with zero attached hydrogens (tertiary/aromatic N) is 1. The van der Waals surface area contributed by atoms with Crippen LogP contribution < -0.4 is 10.6 Å². The summed E-state index contributed by atoms with van der Waals surface area (Å²) < 4.78 is 0. The predicted molar refractivity (Wildman–Crippen MR) is 80.8 cm³/mol. The number of hydrogen-bond donors (Lipinski definition) is 2. The lowest BCUT2D eigenvalue weighted by Crippen LogP contribution is -2.23. The largest absolute Gasteiger partial charge is 0.348 e. The highest BCUT2D eigenvalue weighted by molar-refractivity contribution is 5.94. The highest BCUT2D eigenvalue weighted by Gasteiger charge is 2.08. The van der Waals surface area contributed by atoms with Crippen molar-refractivity contribution in [3.8, 4) is 0 Å². The SMILES string of the molecule is CCC(=O)Nc1ccccc1CNC(=O)c1cccnc1. The minimum Gasteiger partial charge on any atom is -0.348 e. The van der Waals surface area contributed by atoms with Gasteiger partial charge in [0.25, 0.3) is 5.91 Å². The van der Waals surface area contributed by atoms with Gasteiger partial charge in [-0.3, -0.25) is 14.6 Å². The number of nitrogens with one attached hydrogen (secondary N) is 2. The Hall–Kier alpha value is -2.69. The van der Waals surface area contributed by atoms with Crippen LogP contribution >= 0.6 is 0 Å². The van der Waals surface area contributed by atoms with E-state index >= 15 is 0 Å². The quantitative estimate of drug-likeness (QED) is 0.885.